The number of rotatable bonds is 6. The summed E-state index contributed by atoms with van der Waals surface area (Å²) in [7, 11) is 0. The zero-order chi connectivity index (χ0) is 10.8. The molecule has 1 aliphatic carbocycles. The Bertz CT molecular complexity index is 176. The standard InChI is InChI=1S/C11H23NO2/c1-8(2)12-7-10(13)6-11(3,14)9-4-5-9/h8-10,12-14H,4-7H2,1-3H3/t10-,11+/m0/s1. The number of nitrogens with one attached hydrogen (secondary N) is 1. The number of aliphatic hydroxyl groups excluding tert-OH is 1. The summed E-state index contributed by atoms with van der Waals surface area (Å²) >= 11 is 0. The highest BCUT2D eigenvalue weighted by atomic mass is 16.3. The normalized spacial score (nSPS) is 23.6. The molecule has 1 fully saturated rings. The lowest BCUT2D eigenvalue weighted by Crippen LogP contribution is -2.38. The highest BCUT2D eigenvalue weighted by Gasteiger charge is 2.40. The third-order valence-corrected chi connectivity index (χ3v) is 2.87. The van der Waals surface area contributed by atoms with Gasteiger partial charge in [0.25, 0.3) is 0 Å². The van der Waals surface area contributed by atoms with E-state index in [4.69, 9.17) is 0 Å². The molecule has 0 spiro atoms. The lowest BCUT2D eigenvalue weighted by molar-refractivity contribution is -0.0133. The first-order valence-electron chi connectivity index (χ1n) is 5.55. The van der Waals surface area contributed by atoms with Crippen LogP contribution in [0.1, 0.15) is 40.0 Å². The Kier molecular flexibility index (Phi) is 3.93. The van der Waals surface area contributed by atoms with Gasteiger partial charge in [0.1, 0.15) is 0 Å². The van der Waals surface area contributed by atoms with Crippen LogP contribution < -0.4 is 5.32 Å². The zero-order valence-corrected chi connectivity index (χ0v) is 9.45. The molecule has 0 aromatic heterocycles. The van der Waals surface area contributed by atoms with E-state index in [9.17, 15) is 10.2 Å². The largest absolute Gasteiger partial charge is 0.392 e. The van der Waals surface area contributed by atoms with Crippen molar-refractivity contribution >= 4 is 0 Å². The summed E-state index contributed by atoms with van der Waals surface area (Å²) in [5, 5.41) is 22.9. The second-order valence-corrected chi connectivity index (χ2v) is 5.05. The molecule has 0 amide bonds. The van der Waals surface area contributed by atoms with E-state index in [-0.39, 0.29) is 0 Å². The van der Waals surface area contributed by atoms with E-state index in [0.29, 0.717) is 24.9 Å². The molecule has 0 unspecified atom stereocenters. The molecule has 3 nitrogen and oxygen atoms in total. The van der Waals surface area contributed by atoms with Crippen molar-refractivity contribution in [1.29, 1.82) is 0 Å². The van der Waals surface area contributed by atoms with Crippen LogP contribution in [-0.4, -0.2) is 34.5 Å². The van der Waals surface area contributed by atoms with Gasteiger partial charge in [-0.15, -0.1) is 0 Å². The highest BCUT2D eigenvalue weighted by Crippen LogP contribution is 2.41. The first-order valence-corrected chi connectivity index (χ1v) is 5.55. The fourth-order valence-corrected chi connectivity index (χ4v) is 1.79. The smallest absolute Gasteiger partial charge is 0.0692 e. The monoisotopic (exact) mass is 201 g/mol. The Labute approximate surface area is 86.5 Å². The van der Waals surface area contributed by atoms with Gasteiger partial charge in [-0.25, -0.2) is 0 Å². The van der Waals surface area contributed by atoms with E-state index < -0.39 is 11.7 Å². The molecule has 84 valence electrons. The minimum atomic E-state index is -0.669. The molecule has 3 heteroatoms. The van der Waals surface area contributed by atoms with Crippen molar-refractivity contribution in [3.05, 3.63) is 0 Å². The van der Waals surface area contributed by atoms with Gasteiger partial charge in [0.2, 0.25) is 0 Å². The zero-order valence-electron chi connectivity index (χ0n) is 9.45. The minimum Gasteiger partial charge on any atom is -0.392 e. The summed E-state index contributed by atoms with van der Waals surface area (Å²) in [5.41, 5.74) is -0.669. The number of hydrogen-bond donors (Lipinski definition) is 3. The molecule has 0 heterocycles. The molecule has 1 aliphatic rings. The molecule has 1 rings (SSSR count). The predicted molar refractivity (Wildman–Crippen MR) is 57.1 cm³/mol. The van der Waals surface area contributed by atoms with E-state index in [0.717, 1.165) is 12.8 Å². The van der Waals surface area contributed by atoms with Crippen LogP contribution in [0, 0.1) is 5.92 Å². The van der Waals surface area contributed by atoms with E-state index in [1.165, 1.54) is 0 Å². The van der Waals surface area contributed by atoms with Crippen molar-refractivity contribution in [2.45, 2.75) is 57.8 Å². The van der Waals surface area contributed by atoms with Crippen molar-refractivity contribution in [3.8, 4) is 0 Å². The SMILES string of the molecule is CC(C)NC[C@@H](O)C[C@@](C)(O)C1CC1. The van der Waals surface area contributed by atoms with E-state index in [2.05, 4.69) is 5.32 Å². The van der Waals surface area contributed by atoms with E-state index in [1.807, 2.05) is 20.8 Å². The van der Waals surface area contributed by atoms with Crippen molar-refractivity contribution in [3.63, 3.8) is 0 Å². The molecule has 0 aromatic carbocycles. The molecule has 1 saturated carbocycles. The Balaban J connectivity index is 2.21. The quantitative estimate of drug-likeness (QED) is 0.598. The average Bonchev–Trinajstić information content (AvgIpc) is 2.81. The Hall–Kier alpha value is -0.120. The lowest BCUT2D eigenvalue weighted by atomic mass is 9.93. The summed E-state index contributed by atoms with van der Waals surface area (Å²) in [4.78, 5) is 0. The summed E-state index contributed by atoms with van der Waals surface area (Å²) in [6.07, 6.45) is 2.26. The summed E-state index contributed by atoms with van der Waals surface area (Å²) in [6.45, 7) is 6.50. The minimum absolute atomic E-state index is 0.385. The summed E-state index contributed by atoms with van der Waals surface area (Å²) in [6, 6.07) is 0.385. The Morgan fingerprint density at radius 3 is 2.43 bits per heavy atom. The van der Waals surface area contributed by atoms with Crippen LogP contribution in [0.5, 0.6) is 0 Å². The number of aliphatic hydroxyl groups is 2. The molecule has 0 aromatic rings. The van der Waals surface area contributed by atoms with Crippen LogP contribution in [0.25, 0.3) is 0 Å². The summed E-state index contributed by atoms with van der Waals surface area (Å²) in [5.74, 6) is 0.413. The van der Waals surface area contributed by atoms with Gasteiger partial charge in [0.15, 0.2) is 0 Å². The van der Waals surface area contributed by atoms with Crippen molar-refractivity contribution in [2.24, 2.45) is 5.92 Å². The maximum Gasteiger partial charge on any atom is 0.0692 e. The van der Waals surface area contributed by atoms with Gasteiger partial charge in [-0.05, 0) is 25.7 Å². The average molecular weight is 201 g/mol. The second-order valence-electron chi connectivity index (χ2n) is 5.05. The first kappa shape index (κ1) is 12.0. The third-order valence-electron chi connectivity index (χ3n) is 2.87. The van der Waals surface area contributed by atoms with Gasteiger partial charge < -0.3 is 15.5 Å². The maximum absolute atomic E-state index is 10.0. The van der Waals surface area contributed by atoms with Gasteiger partial charge in [0.05, 0.1) is 11.7 Å². The third kappa shape index (κ3) is 3.95. The van der Waals surface area contributed by atoms with Crippen LogP contribution in [-0.2, 0) is 0 Å². The van der Waals surface area contributed by atoms with Crippen molar-refractivity contribution in [2.75, 3.05) is 6.54 Å². The first-order chi connectivity index (χ1) is 6.42. The molecular formula is C11H23NO2. The van der Waals surface area contributed by atoms with Gasteiger partial charge in [-0.2, -0.15) is 0 Å². The summed E-state index contributed by atoms with van der Waals surface area (Å²) < 4.78 is 0. The van der Waals surface area contributed by atoms with Crippen LogP contribution in [0.4, 0.5) is 0 Å². The topological polar surface area (TPSA) is 52.5 Å². The molecule has 14 heavy (non-hydrogen) atoms. The molecule has 3 N–H and O–H groups in total. The molecule has 0 radical (unpaired) electrons. The van der Waals surface area contributed by atoms with Crippen LogP contribution in [0.15, 0.2) is 0 Å². The van der Waals surface area contributed by atoms with Gasteiger partial charge >= 0.3 is 0 Å². The predicted octanol–water partition coefficient (Wildman–Crippen LogP) is 0.896. The molecule has 2 atom stereocenters. The highest BCUT2D eigenvalue weighted by molar-refractivity contribution is 4.92. The van der Waals surface area contributed by atoms with Crippen LogP contribution >= 0.6 is 0 Å². The fraction of sp³-hybridized carbons (Fsp3) is 1.00. The second kappa shape index (κ2) is 4.60. The van der Waals surface area contributed by atoms with E-state index >= 15 is 0 Å². The van der Waals surface area contributed by atoms with Gasteiger partial charge in [0, 0.05) is 19.0 Å². The molecule has 0 bridgehead atoms. The Morgan fingerprint density at radius 1 is 1.43 bits per heavy atom. The molecular weight excluding hydrogens is 178 g/mol. The molecule has 0 saturated heterocycles. The lowest BCUT2D eigenvalue weighted by Gasteiger charge is -2.26. The van der Waals surface area contributed by atoms with Gasteiger partial charge in [-0.1, -0.05) is 13.8 Å². The molecule has 0 aliphatic heterocycles. The fourth-order valence-electron chi connectivity index (χ4n) is 1.79. The van der Waals surface area contributed by atoms with E-state index in [1.54, 1.807) is 0 Å². The van der Waals surface area contributed by atoms with Crippen molar-refractivity contribution in [1.82, 2.24) is 5.32 Å². The van der Waals surface area contributed by atoms with Gasteiger partial charge in [-0.3, -0.25) is 0 Å². The number of hydrogen-bond acceptors (Lipinski definition) is 3. The van der Waals surface area contributed by atoms with Crippen molar-refractivity contribution < 1.29 is 10.2 Å². The maximum atomic E-state index is 10.0. The van der Waals surface area contributed by atoms with Crippen LogP contribution in [0.2, 0.25) is 0 Å². The van der Waals surface area contributed by atoms with Crippen LogP contribution in [0.3, 0.4) is 0 Å². The Morgan fingerprint density at radius 2 is 2.00 bits per heavy atom.